The van der Waals surface area contributed by atoms with Crippen LogP contribution in [0, 0.1) is 29.1 Å². The van der Waals surface area contributed by atoms with Crippen LogP contribution in [0.25, 0.3) is 54.8 Å². The molecule has 6 aromatic rings. The van der Waals surface area contributed by atoms with Crippen LogP contribution in [0.3, 0.4) is 0 Å². The van der Waals surface area contributed by atoms with Crippen molar-refractivity contribution in [3.05, 3.63) is 131 Å². The molecule has 1 aliphatic carbocycles. The number of nitrogens with zero attached hydrogens (tertiary/aromatic N) is 2. The number of hydrogen-bond acceptors (Lipinski definition) is 3. The monoisotopic (exact) mass is 582 g/mol. The number of fused-ring (bicyclic) bond motifs is 2. The van der Waals surface area contributed by atoms with Gasteiger partial charge in [-0.05, 0) is 70.0 Å². The van der Waals surface area contributed by atoms with Crippen LogP contribution >= 0.6 is 11.3 Å². The molecule has 0 N–H and O–H groups in total. The smallest absolute Gasteiger partial charge is 0.200 e. The molecule has 0 saturated carbocycles. The molecule has 0 atom stereocenters. The van der Waals surface area contributed by atoms with Crippen LogP contribution in [0.4, 0.5) is 22.0 Å². The molecule has 0 fully saturated rings. The van der Waals surface area contributed by atoms with Crippen molar-refractivity contribution in [2.45, 2.75) is 12.8 Å². The lowest BCUT2D eigenvalue weighted by Gasteiger charge is -2.18. The molecule has 42 heavy (non-hydrogen) atoms. The third-order valence-corrected chi connectivity index (χ3v) is 8.56. The normalized spacial score (nSPS) is 12.8. The Hall–Kier alpha value is -4.69. The Bertz CT molecular complexity index is 1970. The van der Waals surface area contributed by atoms with Crippen molar-refractivity contribution >= 4 is 33.2 Å². The minimum absolute atomic E-state index is 0.0974. The molecule has 2 aromatic heterocycles. The summed E-state index contributed by atoms with van der Waals surface area (Å²) in [6.45, 7) is 0. The number of para-hydroxylation sites is 1. The highest BCUT2D eigenvalue weighted by Crippen LogP contribution is 2.36. The second kappa shape index (κ2) is 10.3. The Kier molecular flexibility index (Phi) is 6.43. The van der Waals surface area contributed by atoms with Crippen molar-refractivity contribution in [2.24, 2.45) is 0 Å². The number of allylic oxidation sites excluding steroid dienone is 1. The molecule has 0 radical (unpaired) electrons. The number of aromatic nitrogens is 2. The minimum Gasteiger partial charge on any atom is -0.253 e. The maximum Gasteiger partial charge on any atom is 0.200 e. The van der Waals surface area contributed by atoms with E-state index in [0.717, 1.165) is 61.6 Å². The number of aryl methyl sites for hydroxylation is 1. The second-order valence-corrected chi connectivity index (χ2v) is 11.1. The van der Waals surface area contributed by atoms with Crippen LogP contribution in [-0.4, -0.2) is 9.97 Å². The van der Waals surface area contributed by atoms with Crippen LogP contribution in [0.1, 0.15) is 23.1 Å². The molecule has 4 aromatic carbocycles. The van der Waals surface area contributed by atoms with E-state index in [1.807, 2.05) is 42.6 Å². The van der Waals surface area contributed by atoms with Crippen LogP contribution in [-0.2, 0) is 6.42 Å². The van der Waals surface area contributed by atoms with Gasteiger partial charge < -0.3 is 0 Å². The quantitative estimate of drug-likeness (QED) is 0.117. The Balaban J connectivity index is 1.13. The first-order valence-electron chi connectivity index (χ1n) is 13.2. The zero-order valence-corrected chi connectivity index (χ0v) is 22.6. The molecule has 0 bridgehead atoms. The summed E-state index contributed by atoms with van der Waals surface area (Å²) >= 11 is 1.62. The van der Waals surface area contributed by atoms with Crippen molar-refractivity contribution in [1.82, 2.24) is 9.97 Å². The standard InChI is InChI=1S/C34H19F5N2S/c35-29-28(30(36)32(38)33(39)31(29)37)19-7-5-18(6-8-19)20-9-10-22-16-23(12-11-21(22)15-20)24-13-14-26(40-17-24)34-41-25-3-1-2-4-27(25)42-34/h1-10,13-17H,11-12H2. The highest BCUT2D eigenvalue weighted by atomic mass is 32.1. The minimum atomic E-state index is -2.17. The van der Waals surface area contributed by atoms with Crippen molar-refractivity contribution in [3.63, 3.8) is 0 Å². The SMILES string of the molecule is Fc1c(F)c(F)c(-c2ccc(-c3ccc4c(c3)CCC(c3ccc(-c5nc6ccccc6s5)nc3)=C4)cc2)c(F)c1F. The number of rotatable bonds is 4. The third kappa shape index (κ3) is 4.48. The van der Waals surface area contributed by atoms with E-state index >= 15 is 0 Å². The first-order chi connectivity index (χ1) is 20.4. The first-order valence-corrected chi connectivity index (χ1v) is 14.0. The van der Waals surface area contributed by atoms with Crippen molar-refractivity contribution in [2.75, 3.05) is 0 Å². The third-order valence-electron chi connectivity index (χ3n) is 7.50. The zero-order chi connectivity index (χ0) is 29.0. The fraction of sp³-hybridized carbons (Fsp3) is 0.0588. The number of halogens is 5. The fourth-order valence-electron chi connectivity index (χ4n) is 5.28. The molecule has 0 unspecified atom stereocenters. The molecule has 0 aliphatic heterocycles. The number of pyridine rings is 1. The summed E-state index contributed by atoms with van der Waals surface area (Å²) in [6.07, 6.45) is 5.69. The van der Waals surface area contributed by atoms with E-state index in [1.165, 1.54) is 17.7 Å². The van der Waals surface area contributed by atoms with Gasteiger partial charge in [0.2, 0.25) is 5.82 Å². The van der Waals surface area contributed by atoms with Gasteiger partial charge in [0, 0.05) is 6.20 Å². The molecule has 7 rings (SSSR count). The average molecular weight is 583 g/mol. The predicted molar refractivity (Wildman–Crippen MR) is 156 cm³/mol. The topological polar surface area (TPSA) is 25.8 Å². The van der Waals surface area contributed by atoms with Crippen molar-refractivity contribution in [1.29, 1.82) is 0 Å². The molecule has 0 saturated heterocycles. The Labute approximate surface area is 241 Å². The van der Waals surface area contributed by atoms with E-state index in [0.29, 0.717) is 0 Å². The van der Waals surface area contributed by atoms with Gasteiger partial charge in [0.1, 0.15) is 5.01 Å². The zero-order valence-electron chi connectivity index (χ0n) is 21.8. The summed E-state index contributed by atoms with van der Waals surface area (Å²) in [5.74, 6) is -9.80. The summed E-state index contributed by atoms with van der Waals surface area (Å²) in [5, 5.41) is 0.888. The summed E-state index contributed by atoms with van der Waals surface area (Å²) in [6, 6.07) is 24.1. The van der Waals surface area contributed by atoms with E-state index in [9.17, 15) is 22.0 Å². The average Bonchev–Trinajstić information content (AvgIpc) is 3.47. The van der Waals surface area contributed by atoms with Gasteiger partial charge in [-0.3, -0.25) is 4.98 Å². The van der Waals surface area contributed by atoms with Crippen LogP contribution in [0.5, 0.6) is 0 Å². The van der Waals surface area contributed by atoms with Gasteiger partial charge in [-0.1, -0.05) is 66.7 Å². The predicted octanol–water partition coefficient (Wildman–Crippen LogP) is 9.87. The van der Waals surface area contributed by atoms with Gasteiger partial charge in [-0.15, -0.1) is 11.3 Å². The van der Waals surface area contributed by atoms with Gasteiger partial charge in [-0.2, -0.15) is 0 Å². The fourth-order valence-corrected chi connectivity index (χ4v) is 6.22. The van der Waals surface area contributed by atoms with Crippen LogP contribution in [0.2, 0.25) is 0 Å². The Morgan fingerprint density at radius 2 is 1.29 bits per heavy atom. The first kappa shape index (κ1) is 26.2. The van der Waals surface area contributed by atoms with Gasteiger partial charge in [-0.25, -0.2) is 26.9 Å². The maximum atomic E-state index is 14.3. The molecule has 2 heterocycles. The second-order valence-electron chi connectivity index (χ2n) is 10.0. The van der Waals surface area contributed by atoms with Crippen LogP contribution < -0.4 is 0 Å². The van der Waals surface area contributed by atoms with E-state index in [1.54, 1.807) is 23.5 Å². The summed E-state index contributed by atoms with van der Waals surface area (Å²) < 4.78 is 70.4. The molecule has 1 aliphatic rings. The van der Waals surface area contributed by atoms with Gasteiger partial charge in [0.25, 0.3) is 0 Å². The summed E-state index contributed by atoms with van der Waals surface area (Å²) in [7, 11) is 0. The molecule has 0 spiro atoms. The largest absolute Gasteiger partial charge is 0.253 e. The van der Waals surface area contributed by atoms with Gasteiger partial charge in [0.15, 0.2) is 23.3 Å². The van der Waals surface area contributed by atoms with E-state index in [-0.39, 0.29) is 5.56 Å². The molecule has 206 valence electrons. The molecule has 2 nitrogen and oxygen atoms in total. The Morgan fingerprint density at radius 3 is 2.00 bits per heavy atom. The lowest BCUT2D eigenvalue weighted by Crippen LogP contribution is -2.04. The molecule has 0 amide bonds. The highest BCUT2D eigenvalue weighted by molar-refractivity contribution is 7.21. The number of hydrogen-bond donors (Lipinski definition) is 0. The number of thiazole rings is 1. The van der Waals surface area contributed by atoms with E-state index in [2.05, 4.69) is 29.3 Å². The van der Waals surface area contributed by atoms with Gasteiger partial charge >= 0.3 is 0 Å². The lowest BCUT2D eigenvalue weighted by atomic mass is 9.87. The molecular weight excluding hydrogens is 563 g/mol. The van der Waals surface area contributed by atoms with Gasteiger partial charge in [0.05, 0.1) is 21.5 Å². The highest BCUT2D eigenvalue weighted by Gasteiger charge is 2.26. The summed E-state index contributed by atoms with van der Waals surface area (Å²) in [4.78, 5) is 9.37. The molecular formula is C34H19F5N2S. The van der Waals surface area contributed by atoms with Crippen molar-refractivity contribution in [3.8, 4) is 33.0 Å². The van der Waals surface area contributed by atoms with E-state index < -0.39 is 34.6 Å². The van der Waals surface area contributed by atoms with Crippen LogP contribution in [0.15, 0.2) is 85.1 Å². The number of benzene rings is 4. The molecule has 8 heteroatoms. The Morgan fingerprint density at radius 1 is 0.619 bits per heavy atom. The summed E-state index contributed by atoms with van der Waals surface area (Å²) in [5.41, 5.74) is 6.89. The van der Waals surface area contributed by atoms with Crippen molar-refractivity contribution < 1.29 is 22.0 Å². The lowest BCUT2D eigenvalue weighted by molar-refractivity contribution is 0.381. The maximum absolute atomic E-state index is 14.3. The van der Waals surface area contributed by atoms with E-state index in [4.69, 9.17) is 4.98 Å².